The monoisotopic (exact) mass is 310 g/mol. The van der Waals surface area contributed by atoms with E-state index in [9.17, 15) is 4.79 Å². The summed E-state index contributed by atoms with van der Waals surface area (Å²) in [7, 11) is 0. The number of anilines is 1. The van der Waals surface area contributed by atoms with E-state index in [1.54, 1.807) is 6.20 Å². The Balaban J connectivity index is 1.90. The molecule has 2 rings (SSSR count). The molecule has 1 aromatic rings. The van der Waals surface area contributed by atoms with Crippen LogP contribution < -0.4 is 5.32 Å². The molecule has 0 atom stereocenters. The molecule has 1 saturated carbocycles. The second-order valence-electron chi connectivity index (χ2n) is 5.08. The fourth-order valence-electron chi connectivity index (χ4n) is 2.51. The molecule has 18 heavy (non-hydrogen) atoms. The third kappa shape index (κ3) is 3.80. The number of hydrogen-bond acceptors (Lipinski definition) is 2. The number of carbonyl (C=O) groups excluding carboxylic acids is 1. The summed E-state index contributed by atoms with van der Waals surface area (Å²) in [6, 6.07) is 1.96. The first-order valence-electron chi connectivity index (χ1n) is 6.57. The number of nitrogens with zero attached hydrogens (tertiary/aromatic N) is 1. The number of pyridine rings is 1. The fraction of sp³-hybridized carbons (Fsp3) is 0.571. The summed E-state index contributed by atoms with van der Waals surface area (Å²) in [5.41, 5.74) is 0.987. The van der Waals surface area contributed by atoms with Crippen LogP contribution in [0.4, 0.5) is 5.82 Å². The van der Waals surface area contributed by atoms with Gasteiger partial charge in [-0.15, -0.1) is 0 Å². The Morgan fingerprint density at radius 3 is 2.83 bits per heavy atom. The van der Waals surface area contributed by atoms with Gasteiger partial charge in [0.1, 0.15) is 5.82 Å². The quantitative estimate of drug-likeness (QED) is 0.914. The maximum Gasteiger partial charge on any atom is 0.225 e. The molecule has 0 aliphatic heterocycles. The van der Waals surface area contributed by atoms with Gasteiger partial charge < -0.3 is 5.32 Å². The lowest BCUT2D eigenvalue weighted by molar-refractivity contribution is -0.117. The normalized spacial score (nSPS) is 16.6. The zero-order valence-corrected chi connectivity index (χ0v) is 12.3. The van der Waals surface area contributed by atoms with Crippen LogP contribution >= 0.6 is 15.9 Å². The van der Waals surface area contributed by atoms with Crippen molar-refractivity contribution < 1.29 is 4.79 Å². The lowest BCUT2D eigenvalue weighted by atomic mass is 9.87. The topological polar surface area (TPSA) is 42.0 Å². The molecule has 0 spiro atoms. The summed E-state index contributed by atoms with van der Waals surface area (Å²) in [6.45, 7) is 1.95. The fourth-order valence-corrected chi connectivity index (χ4v) is 2.95. The van der Waals surface area contributed by atoms with Gasteiger partial charge in [-0.25, -0.2) is 4.98 Å². The summed E-state index contributed by atoms with van der Waals surface area (Å²) in [5.74, 6) is 1.34. The smallest absolute Gasteiger partial charge is 0.225 e. The highest BCUT2D eigenvalue weighted by molar-refractivity contribution is 9.10. The summed E-state index contributed by atoms with van der Waals surface area (Å²) < 4.78 is 0.935. The minimum Gasteiger partial charge on any atom is -0.310 e. The largest absolute Gasteiger partial charge is 0.310 e. The molecular weight excluding hydrogens is 292 g/mol. The van der Waals surface area contributed by atoms with Crippen LogP contribution in [-0.4, -0.2) is 10.9 Å². The van der Waals surface area contributed by atoms with Crippen molar-refractivity contribution in [2.75, 3.05) is 5.32 Å². The van der Waals surface area contributed by atoms with E-state index in [0.717, 1.165) is 10.0 Å². The van der Waals surface area contributed by atoms with Gasteiger partial charge in [0.2, 0.25) is 5.91 Å². The van der Waals surface area contributed by atoms with Gasteiger partial charge in [0.15, 0.2) is 0 Å². The number of halogens is 1. The standard InChI is InChI=1S/C14H19BrN2O/c1-10-7-12(15)9-16-14(10)17-13(18)8-11-5-3-2-4-6-11/h7,9,11H,2-6,8H2,1H3,(H,16,17,18). The van der Waals surface area contributed by atoms with E-state index in [2.05, 4.69) is 26.2 Å². The lowest BCUT2D eigenvalue weighted by Gasteiger charge is -2.20. The first kappa shape index (κ1) is 13.5. The molecule has 1 aliphatic carbocycles. The lowest BCUT2D eigenvalue weighted by Crippen LogP contribution is -2.19. The SMILES string of the molecule is Cc1cc(Br)cnc1NC(=O)CC1CCCCC1. The highest BCUT2D eigenvalue weighted by Crippen LogP contribution is 2.26. The first-order chi connectivity index (χ1) is 8.65. The molecule has 0 aromatic carbocycles. The van der Waals surface area contributed by atoms with Crippen molar-refractivity contribution in [3.05, 3.63) is 22.3 Å². The Morgan fingerprint density at radius 1 is 1.44 bits per heavy atom. The first-order valence-corrected chi connectivity index (χ1v) is 7.36. The molecule has 0 bridgehead atoms. The van der Waals surface area contributed by atoms with Crippen molar-refractivity contribution in [3.63, 3.8) is 0 Å². The molecule has 0 saturated heterocycles. The van der Waals surface area contributed by atoms with Gasteiger partial charge in [-0.05, 0) is 53.2 Å². The van der Waals surface area contributed by atoms with Crippen molar-refractivity contribution in [2.24, 2.45) is 5.92 Å². The number of nitrogens with one attached hydrogen (secondary N) is 1. The second kappa shape index (κ2) is 6.32. The zero-order chi connectivity index (χ0) is 13.0. The molecule has 3 nitrogen and oxygen atoms in total. The van der Waals surface area contributed by atoms with Gasteiger partial charge >= 0.3 is 0 Å². The van der Waals surface area contributed by atoms with Crippen molar-refractivity contribution in [1.82, 2.24) is 4.98 Å². The highest BCUT2D eigenvalue weighted by Gasteiger charge is 2.17. The van der Waals surface area contributed by atoms with E-state index in [-0.39, 0.29) is 5.91 Å². The Labute approximate surface area is 117 Å². The molecule has 0 radical (unpaired) electrons. The van der Waals surface area contributed by atoms with Crippen LogP contribution in [0.25, 0.3) is 0 Å². The second-order valence-corrected chi connectivity index (χ2v) is 5.99. The van der Waals surface area contributed by atoms with Gasteiger partial charge in [0.25, 0.3) is 0 Å². The molecule has 1 fully saturated rings. The van der Waals surface area contributed by atoms with E-state index >= 15 is 0 Å². The molecule has 0 unspecified atom stereocenters. The number of aryl methyl sites for hydroxylation is 1. The summed E-state index contributed by atoms with van der Waals surface area (Å²) >= 11 is 3.37. The van der Waals surface area contributed by atoms with E-state index in [1.165, 1.54) is 32.1 Å². The predicted octanol–water partition coefficient (Wildman–Crippen LogP) is 4.06. The Hall–Kier alpha value is -0.900. The van der Waals surface area contributed by atoms with Gasteiger partial charge in [0, 0.05) is 17.1 Å². The van der Waals surface area contributed by atoms with Gasteiger partial charge in [-0.3, -0.25) is 4.79 Å². The van der Waals surface area contributed by atoms with E-state index < -0.39 is 0 Å². The van der Waals surface area contributed by atoms with Crippen LogP contribution in [0.3, 0.4) is 0 Å². The summed E-state index contributed by atoms with van der Waals surface area (Å²) in [4.78, 5) is 16.2. The predicted molar refractivity (Wildman–Crippen MR) is 76.5 cm³/mol. The maximum absolute atomic E-state index is 12.0. The van der Waals surface area contributed by atoms with Crippen LogP contribution in [0.5, 0.6) is 0 Å². The van der Waals surface area contributed by atoms with E-state index in [1.807, 2.05) is 13.0 Å². The molecule has 1 amide bonds. The van der Waals surface area contributed by atoms with Crippen molar-refractivity contribution in [2.45, 2.75) is 45.4 Å². The molecule has 1 heterocycles. The van der Waals surface area contributed by atoms with Crippen LogP contribution in [-0.2, 0) is 4.79 Å². The van der Waals surface area contributed by atoms with Crippen LogP contribution in [0.1, 0.15) is 44.1 Å². The molecular formula is C14H19BrN2O. The number of carbonyl (C=O) groups is 1. The van der Waals surface area contributed by atoms with Crippen LogP contribution in [0.15, 0.2) is 16.7 Å². The van der Waals surface area contributed by atoms with Crippen molar-refractivity contribution in [1.29, 1.82) is 0 Å². The molecule has 1 N–H and O–H groups in total. The van der Waals surface area contributed by atoms with E-state index in [0.29, 0.717) is 18.2 Å². The van der Waals surface area contributed by atoms with E-state index in [4.69, 9.17) is 0 Å². The molecule has 1 aromatic heterocycles. The molecule has 1 aliphatic rings. The number of hydrogen-bond donors (Lipinski definition) is 1. The average molecular weight is 311 g/mol. The van der Waals surface area contributed by atoms with Gasteiger partial charge in [0.05, 0.1) is 0 Å². The molecule has 98 valence electrons. The van der Waals surface area contributed by atoms with Crippen molar-refractivity contribution >= 4 is 27.7 Å². The van der Waals surface area contributed by atoms with Gasteiger partial charge in [-0.1, -0.05) is 19.3 Å². The third-order valence-corrected chi connectivity index (χ3v) is 3.94. The Bertz CT molecular complexity index is 428. The minimum absolute atomic E-state index is 0.0971. The molecule has 4 heteroatoms. The summed E-state index contributed by atoms with van der Waals surface area (Å²) in [5, 5.41) is 2.91. The number of rotatable bonds is 3. The average Bonchev–Trinajstić information content (AvgIpc) is 2.34. The van der Waals surface area contributed by atoms with Gasteiger partial charge in [-0.2, -0.15) is 0 Å². The Morgan fingerprint density at radius 2 is 2.17 bits per heavy atom. The minimum atomic E-state index is 0.0971. The zero-order valence-electron chi connectivity index (χ0n) is 10.7. The highest BCUT2D eigenvalue weighted by atomic mass is 79.9. The maximum atomic E-state index is 12.0. The van der Waals surface area contributed by atoms with Crippen molar-refractivity contribution in [3.8, 4) is 0 Å². The van der Waals surface area contributed by atoms with Crippen LogP contribution in [0.2, 0.25) is 0 Å². The Kier molecular flexibility index (Phi) is 4.75. The van der Waals surface area contributed by atoms with Crippen LogP contribution in [0, 0.1) is 12.8 Å². The third-order valence-electron chi connectivity index (χ3n) is 3.50. The number of aromatic nitrogens is 1. The number of amides is 1. The summed E-state index contributed by atoms with van der Waals surface area (Å²) in [6.07, 6.45) is 8.60.